The molecular formula is C29H35IN2O7. The third-order valence-corrected chi connectivity index (χ3v) is 7.12. The highest BCUT2D eigenvalue weighted by Crippen LogP contribution is 2.37. The summed E-state index contributed by atoms with van der Waals surface area (Å²) in [5, 5.41) is 33.0. The summed E-state index contributed by atoms with van der Waals surface area (Å²) in [5.41, 5.74) is 1.83. The van der Waals surface area contributed by atoms with Crippen LogP contribution >= 0.6 is 22.6 Å². The SMILES string of the molecule is CCC=CC(=O)N(Cc1ccccc1)C1CC(C(=O)NCCO)=CC(Oc2c(I)cc(CO)cc2OC)C1O. The van der Waals surface area contributed by atoms with E-state index in [1.807, 2.05) is 37.3 Å². The highest BCUT2D eigenvalue weighted by molar-refractivity contribution is 14.1. The second kappa shape index (κ2) is 15.0. The molecular weight excluding hydrogens is 615 g/mol. The van der Waals surface area contributed by atoms with Crippen molar-refractivity contribution in [2.75, 3.05) is 20.3 Å². The lowest BCUT2D eigenvalue weighted by atomic mass is 9.87. The van der Waals surface area contributed by atoms with E-state index in [1.165, 1.54) is 13.2 Å². The van der Waals surface area contributed by atoms with Gasteiger partial charge in [0.1, 0.15) is 12.2 Å². The highest BCUT2D eigenvalue weighted by atomic mass is 127. The molecule has 2 amide bonds. The first-order valence-electron chi connectivity index (χ1n) is 12.8. The van der Waals surface area contributed by atoms with E-state index in [2.05, 4.69) is 27.9 Å². The molecule has 3 unspecified atom stereocenters. The maximum absolute atomic E-state index is 13.4. The summed E-state index contributed by atoms with van der Waals surface area (Å²) in [7, 11) is 1.48. The van der Waals surface area contributed by atoms with Crippen LogP contribution in [0.5, 0.6) is 11.5 Å². The number of ether oxygens (including phenoxy) is 2. The van der Waals surface area contributed by atoms with Gasteiger partial charge in [-0.2, -0.15) is 0 Å². The normalized spacial score (nSPS) is 18.9. The van der Waals surface area contributed by atoms with Crippen LogP contribution in [-0.4, -0.2) is 70.5 Å². The molecule has 0 heterocycles. The Balaban J connectivity index is 2.04. The third kappa shape index (κ3) is 8.04. The zero-order valence-electron chi connectivity index (χ0n) is 22.0. The molecule has 0 saturated heterocycles. The van der Waals surface area contributed by atoms with Gasteiger partial charge in [-0.3, -0.25) is 9.59 Å². The van der Waals surface area contributed by atoms with Crippen LogP contribution in [0, 0.1) is 3.57 Å². The molecule has 0 aliphatic heterocycles. The van der Waals surface area contributed by atoms with Crippen molar-refractivity contribution in [3.8, 4) is 11.5 Å². The molecule has 9 nitrogen and oxygen atoms in total. The first kappa shape index (κ1) is 30.6. The van der Waals surface area contributed by atoms with Crippen LogP contribution in [0.3, 0.4) is 0 Å². The minimum atomic E-state index is -1.18. The molecule has 0 saturated carbocycles. The van der Waals surface area contributed by atoms with Crippen LogP contribution in [-0.2, 0) is 22.7 Å². The Morgan fingerprint density at radius 2 is 1.92 bits per heavy atom. The number of carbonyl (C=O) groups is 2. The van der Waals surface area contributed by atoms with Gasteiger partial charge in [-0.1, -0.05) is 43.3 Å². The van der Waals surface area contributed by atoms with E-state index < -0.39 is 24.2 Å². The van der Waals surface area contributed by atoms with Crippen LogP contribution in [0.2, 0.25) is 0 Å². The van der Waals surface area contributed by atoms with Crippen LogP contribution in [0.4, 0.5) is 0 Å². The molecule has 2 aromatic carbocycles. The summed E-state index contributed by atoms with van der Waals surface area (Å²) in [6.07, 6.45) is 3.37. The lowest BCUT2D eigenvalue weighted by Gasteiger charge is -2.40. The van der Waals surface area contributed by atoms with Crippen molar-refractivity contribution in [1.29, 1.82) is 0 Å². The van der Waals surface area contributed by atoms with Gasteiger partial charge in [-0.25, -0.2) is 0 Å². The van der Waals surface area contributed by atoms with Gasteiger partial charge in [-0.15, -0.1) is 0 Å². The molecule has 0 fully saturated rings. The van der Waals surface area contributed by atoms with E-state index in [0.717, 1.165) is 5.56 Å². The molecule has 10 heteroatoms. The van der Waals surface area contributed by atoms with Gasteiger partial charge >= 0.3 is 0 Å². The van der Waals surface area contributed by atoms with Crippen molar-refractivity contribution in [2.45, 2.75) is 51.2 Å². The molecule has 210 valence electrons. The number of amides is 2. The summed E-state index contributed by atoms with van der Waals surface area (Å²) >= 11 is 2.06. The van der Waals surface area contributed by atoms with Crippen molar-refractivity contribution >= 4 is 34.4 Å². The molecule has 1 aliphatic rings. The van der Waals surface area contributed by atoms with Crippen molar-refractivity contribution in [1.82, 2.24) is 10.2 Å². The number of nitrogens with one attached hydrogen (secondary N) is 1. The fraction of sp³-hybridized carbons (Fsp3) is 0.379. The van der Waals surface area contributed by atoms with Crippen LogP contribution in [0.15, 0.2) is 66.3 Å². The monoisotopic (exact) mass is 650 g/mol. The third-order valence-electron chi connectivity index (χ3n) is 6.32. The number of aliphatic hydroxyl groups excluding tert-OH is 3. The summed E-state index contributed by atoms with van der Waals surface area (Å²) in [5.74, 6) is 0.00395. The molecule has 0 aromatic heterocycles. The Bertz CT molecular complexity index is 1190. The fourth-order valence-corrected chi connectivity index (χ4v) is 5.14. The second-order valence-electron chi connectivity index (χ2n) is 9.05. The molecule has 39 heavy (non-hydrogen) atoms. The van der Waals surface area contributed by atoms with E-state index in [9.17, 15) is 24.9 Å². The maximum atomic E-state index is 13.4. The van der Waals surface area contributed by atoms with Crippen molar-refractivity contribution < 1.29 is 34.4 Å². The van der Waals surface area contributed by atoms with Gasteiger partial charge in [0, 0.05) is 25.1 Å². The van der Waals surface area contributed by atoms with Crippen LogP contribution < -0.4 is 14.8 Å². The first-order valence-corrected chi connectivity index (χ1v) is 13.8. The predicted molar refractivity (Wildman–Crippen MR) is 155 cm³/mol. The number of rotatable bonds is 12. The largest absolute Gasteiger partial charge is 0.493 e. The van der Waals surface area contributed by atoms with Crippen molar-refractivity contribution in [3.05, 3.63) is 81.0 Å². The summed E-state index contributed by atoms with van der Waals surface area (Å²) in [4.78, 5) is 27.9. The van der Waals surface area contributed by atoms with Crippen LogP contribution in [0.1, 0.15) is 30.9 Å². The van der Waals surface area contributed by atoms with E-state index in [4.69, 9.17) is 9.47 Å². The molecule has 4 N–H and O–H groups in total. The van der Waals surface area contributed by atoms with Gasteiger partial charge in [0.05, 0.1) is 29.9 Å². The van der Waals surface area contributed by atoms with Gasteiger partial charge in [0.2, 0.25) is 11.8 Å². The quantitative estimate of drug-likeness (QED) is 0.206. The van der Waals surface area contributed by atoms with Crippen molar-refractivity contribution in [2.24, 2.45) is 0 Å². The summed E-state index contributed by atoms with van der Waals surface area (Å²) in [6.45, 7) is 1.80. The van der Waals surface area contributed by atoms with E-state index in [0.29, 0.717) is 32.6 Å². The van der Waals surface area contributed by atoms with E-state index >= 15 is 0 Å². The van der Waals surface area contributed by atoms with E-state index in [1.54, 1.807) is 29.2 Å². The number of halogens is 1. The number of hydrogen-bond acceptors (Lipinski definition) is 7. The Kier molecular flexibility index (Phi) is 11.8. The molecule has 0 spiro atoms. The smallest absolute Gasteiger partial charge is 0.247 e. The van der Waals surface area contributed by atoms with Crippen molar-refractivity contribution in [3.63, 3.8) is 0 Å². The molecule has 3 rings (SSSR count). The van der Waals surface area contributed by atoms with Gasteiger partial charge in [-0.05, 0) is 64.4 Å². The molecule has 0 bridgehead atoms. The summed E-state index contributed by atoms with van der Waals surface area (Å²) < 4.78 is 12.4. The molecule has 1 aliphatic carbocycles. The molecule has 0 radical (unpaired) electrons. The minimum absolute atomic E-state index is 0.0646. The Morgan fingerprint density at radius 3 is 2.56 bits per heavy atom. The number of methoxy groups -OCH3 is 1. The average molecular weight is 651 g/mol. The van der Waals surface area contributed by atoms with Gasteiger partial charge in [0.15, 0.2) is 11.5 Å². The number of allylic oxidation sites excluding steroid dienone is 1. The van der Waals surface area contributed by atoms with Gasteiger partial charge in [0.25, 0.3) is 0 Å². The predicted octanol–water partition coefficient (Wildman–Crippen LogP) is 2.70. The fourth-order valence-electron chi connectivity index (χ4n) is 4.35. The zero-order valence-corrected chi connectivity index (χ0v) is 24.2. The summed E-state index contributed by atoms with van der Waals surface area (Å²) in [6, 6.07) is 12.0. The standard InChI is InChI=1S/C29H35IN2O7/c1-3-4-10-26(35)32(17-19-8-6-5-7-9-19)23-15-21(29(37)31-11-12-33)16-24(27(23)36)39-28-22(30)13-20(18-34)14-25(28)38-2/h4-10,13-14,16,23-24,27,33-34,36H,3,11-12,15,17-18H2,1-2H3,(H,31,37). The topological polar surface area (TPSA) is 129 Å². The Hall–Kier alpha value is -2.93. The minimum Gasteiger partial charge on any atom is -0.493 e. The second-order valence-corrected chi connectivity index (χ2v) is 10.2. The van der Waals surface area contributed by atoms with Gasteiger partial charge < -0.3 is 35.0 Å². The highest BCUT2D eigenvalue weighted by Gasteiger charge is 2.40. The average Bonchev–Trinajstić information content (AvgIpc) is 2.95. The van der Waals surface area contributed by atoms with E-state index in [-0.39, 0.29) is 38.6 Å². The molecule has 3 atom stereocenters. The maximum Gasteiger partial charge on any atom is 0.247 e. The number of carbonyl (C=O) groups excluding carboxylic acids is 2. The lowest BCUT2D eigenvalue weighted by molar-refractivity contribution is -0.134. The zero-order chi connectivity index (χ0) is 28.4. The number of hydrogen-bond donors (Lipinski definition) is 4. The lowest BCUT2D eigenvalue weighted by Crippen LogP contribution is -2.54. The Morgan fingerprint density at radius 1 is 1.18 bits per heavy atom. The van der Waals surface area contributed by atoms with Crippen LogP contribution in [0.25, 0.3) is 0 Å². The number of aliphatic hydroxyl groups is 3. The number of nitrogens with zero attached hydrogens (tertiary/aromatic N) is 1. The number of benzene rings is 2. The Labute approximate surface area is 242 Å². The first-order chi connectivity index (χ1) is 18.8. The molecule has 2 aromatic rings.